The first kappa shape index (κ1) is 88.6. The number of nitrogens with two attached hydrogens (primary N) is 1. The first-order chi connectivity index (χ1) is 45.8. The molecule has 93 heavy (non-hydrogen) atoms. The molecule has 0 amide bonds. The van der Waals surface area contributed by atoms with Crippen molar-refractivity contribution >= 4 is 19.8 Å². The minimum atomic E-state index is -4.40. The highest BCUT2D eigenvalue weighted by Gasteiger charge is 2.26. The van der Waals surface area contributed by atoms with Gasteiger partial charge in [-0.3, -0.25) is 18.6 Å². The second kappa shape index (κ2) is 76.6. The predicted molar refractivity (Wildman–Crippen MR) is 403 cm³/mol. The van der Waals surface area contributed by atoms with Crippen LogP contribution >= 0.6 is 7.82 Å². The van der Waals surface area contributed by atoms with Crippen LogP contribution in [0, 0.1) is 0 Å². The summed E-state index contributed by atoms with van der Waals surface area (Å²) in [5.74, 6) is -0.825. The third-order valence-electron chi connectivity index (χ3n) is 15.9. The first-order valence-electron chi connectivity index (χ1n) is 38.0. The van der Waals surface area contributed by atoms with E-state index in [-0.39, 0.29) is 38.6 Å². The van der Waals surface area contributed by atoms with Crippen molar-refractivity contribution in [2.24, 2.45) is 5.73 Å². The van der Waals surface area contributed by atoms with Crippen molar-refractivity contribution in [1.82, 2.24) is 0 Å². The number of carbonyl (C=O) groups excluding carboxylic acids is 2. The molecule has 0 aliphatic heterocycles. The van der Waals surface area contributed by atoms with Crippen LogP contribution in [-0.2, 0) is 32.7 Å². The van der Waals surface area contributed by atoms with E-state index >= 15 is 0 Å². The predicted octanol–water partition coefficient (Wildman–Crippen LogP) is 25.5. The van der Waals surface area contributed by atoms with Gasteiger partial charge >= 0.3 is 19.8 Å². The molecule has 0 aromatic heterocycles. The van der Waals surface area contributed by atoms with Gasteiger partial charge in [0.2, 0.25) is 0 Å². The molecule has 10 heteroatoms. The summed E-state index contributed by atoms with van der Waals surface area (Å²) in [6.45, 7) is 3.54. The van der Waals surface area contributed by atoms with Crippen LogP contribution in [0.3, 0.4) is 0 Å². The molecule has 0 aromatic rings. The Hall–Kier alpha value is -4.37. The molecule has 2 atom stereocenters. The lowest BCUT2D eigenvalue weighted by molar-refractivity contribution is -0.161. The summed E-state index contributed by atoms with van der Waals surface area (Å²) < 4.78 is 33.2. The van der Waals surface area contributed by atoms with Gasteiger partial charge in [0.05, 0.1) is 13.2 Å². The first-order valence-corrected chi connectivity index (χ1v) is 39.5. The number of esters is 2. The molecule has 3 N–H and O–H groups in total. The zero-order chi connectivity index (χ0) is 67.2. The molecule has 530 valence electrons. The van der Waals surface area contributed by atoms with Crippen molar-refractivity contribution in [3.05, 3.63) is 158 Å². The van der Waals surface area contributed by atoms with Crippen molar-refractivity contribution in [1.29, 1.82) is 0 Å². The van der Waals surface area contributed by atoms with Crippen molar-refractivity contribution in [2.75, 3.05) is 26.4 Å². The van der Waals surface area contributed by atoms with Gasteiger partial charge in [-0.05, 0) is 122 Å². The van der Waals surface area contributed by atoms with Crippen LogP contribution in [0.5, 0.6) is 0 Å². The SMILES string of the molecule is CC/C=C\C/C=C\C/C=C\C/C=C\C/C=C\C/C=C\C/C=C\CCCCCCCCCCCCCCCC(=O)OC(COC(=O)CCCCCCCCCCCCCCCCCCCC/C=C\C/C=C\C/C=C\C/C=C\C/C=C\C/C=C\CC)COP(=O)(O)OCCN. The van der Waals surface area contributed by atoms with Gasteiger partial charge in [0.15, 0.2) is 6.10 Å². The minimum Gasteiger partial charge on any atom is -0.462 e. The van der Waals surface area contributed by atoms with Crippen LogP contribution in [0.2, 0.25) is 0 Å². The third kappa shape index (κ3) is 76.5. The average molecular weight is 1310 g/mol. The zero-order valence-electron chi connectivity index (χ0n) is 59.7. The normalized spacial score (nSPS) is 13.8. The van der Waals surface area contributed by atoms with Crippen LogP contribution in [0.1, 0.15) is 322 Å². The molecule has 0 spiro atoms. The van der Waals surface area contributed by atoms with Gasteiger partial charge in [-0.15, -0.1) is 0 Å². The Kier molecular flexibility index (Phi) is 73.0. The summed E-state index contributed by atoms with van der Waals surface area (Å²) in [5, 5.41) is 0. The number of phosphoric acid groups is 1. The van der Waals surface area contributed by atoms with Crippen molar-refractivity contribution in [3.63, 3.8) is 0 Å². The number of hydrogen-bond acceptors (Lipinski definition) is 8. The highest BCUT2D eigenvalue weighted by molar-refractivity contribution is 7.47. The Bertz CT molecular complexity index is 2090. The van der Waals surface area contributed by atoms with Crippen molar-refractivity contribution < 1.29 is 37.6 Å². The number of hydrogen-bond donors (Lipinski definition) is 2. The Labute approximate surface area is 572 Å². The standard InChI is InChI=1S/C83H140NO8P/c1-3-5-7-9-11-13-15-17-19-21-23-25-27-29-31-33-35-37-39-40-42-43-45-47-49-51-53-55-57-59-61-63-65-67-69-71-73-75-82(85)89-79-81(80-91-93(87,88)90-78-77-84)92-83(86)76-74-72-70-68-66-64-62-60-58-56-54-52-50-48-46-44-41-38-36-34-32-30-28-26-24-22-20-18-16-14-12-10-8-6-4-2/h5-8,11-14,17-20,23-26,29-32,35-38,44,46,81H,3-4,9-10,15-16,21-22,27-28,33-34,39-43,45,47-80,84H2,1-2H3,(H,87,88)/b7-5-,8-6-,13-11-,14-12-,19-17-,20-18-,25-23-,26-24-,31-29-,32-30-,37-35-,38-36-,46-44-. The third-order valence-corrected chi connectivity index (χ3v) is 16.9. The maximum atomic E-state index is 12.8. The van der Waals surface area contributed by atoms with Gasteiger partial charge in [0, 0.05) is 19.4 Å². The van der Waals surface area contributed by atoms with Crippen LogP contribution in [0.25, 0.3) is 0 Å². The number of ether oxygens (including phenoxy) is 2. The van der Waals surface area contributed by atoms with E-state index in [0.29, 0.717) is 6.42 Å². The number of carbonyl (C=O) groups is 2. The Morgan fingerprint density at radius 2 is 0.559 bits per heavy atom. The molecular formula is C83H140NO8P. The quantitative estimate of drug-likeness (QED) is 0.0264. The lowest BCUT2D eigenvalue weighted by Crippen LogP contribution is -2.29. The molecular weight excluding hydrogens is 1170 g/mol. The Balaban J connectivity index is 3.87. The van der Waals surface area contributed by atoms with Gasteiger partial charge in [0.25, 0.3) is 0 Å². The van der Waals surface area contributed by atoms with E-state index in [2.05, 4.69) is 172 Å². The lowest BCUT2D eigenvalue weighted by atomic mass is 10.0. The van der Waals surface area contributed by atoms with E-state index in [9.17, 15) is 19.0 Å². The fourth-order valence-corrected chi connectivity index (χ4v) is 11.2. The largest absolute Gasteiger partial charge is 0.472 e. The number of rotatable bonds is 70. The van der Waals surface area contributed by atoms with Gasteiger partial charge in [-0.1, -0.05) is 345 Å². The number of allylic oxidation sites excluding steroid dienone is 26. The van der Waals surface area contributed by atoms with E-state index in [1.165, 1.54) is 167 Å². The average Bonchev–Trinajstić information content (AvgIpc) is 3.70. The Morgan fingerprint density at radius 3 is 0.828 bits per heavy atom. The lowest BCUT2D eigenvalue weighted by Gasteiger charge is -2.19. The fraction of sp³-hybridized carbons (Fsp3) is 0.663. The smallest absolute Gasteiger partial charge is 0.462 e. The minimum absolute atomic E-state index is 0.0484. The van der Waals surface area contributed by atoms with Crippen LogP contribution in [0.15, 0.2) is 158 Å². The molecule has 0 fully saturated rings. The molecule has 0 saturated heterocycles. The molecule has 0 saturated carbocycles. The molecule has 2 unspecified atom stereocenters. The molecule has 9 nitrogen and oxygen atoms in total. The highest BCUT2D eigenvalue weighted by Crippen LogP contribution is 2.43. The summed E-state index contributed by atoms with van der Waals surface area (Å²) >= 11 is 0. The van der Waals surface area contributed by atoms with E-state index in [1.807, 2.05) is 0 Å². The summed E-state index contributed by atoms with van der Waals surface area (Å²) in [5.41, 5.74) is 5.41. The summed E-state index contributed by atoms with van der Waals surface area (Å²) in [7, 11) is -4.40. The van der Waals surface area contributed by atoms with Crippen LogP contribution in [-0.4, -0.2) is 49.3 Å². The summed E-state index contributed by atoms with van der Waals surface area (Å²) in [6, 6.07) is 0. The monoisotopic (exact) mass is 1310 g/mol. The van der Waals surface area contributed by atoms with Gasteiger partial charge < -0.3 is 20.1 Å². The summed E-state index contributed by atoms with van der Waals surface area (Å²) in [4.78, 5) is 35.4. The van der Waals surface area contributed by atoms with Gasteiger partial charge in [-0.25, -0.2) is 4.57 Å². The summed E-state index contributed by atoms with van der Waals surface area (Å²) in [6.07, 6.45) is 112. The fourth-order valence-electron chi connectivity index (χ4n) is 10.4. The van der Waals surface area contributed by atoms with Gasteiger partial charge in [-0.2, -0.15) is 0 Å². The van der Waals surface area contributed by atoms with E-state index in [4.69, 9.17) is 24.3 Å². The van der Waals surface area contributed by atoms with Crippen LogP contribution in [0.4, 0.5) is 0 Å². The maximum Gasteiger partial charge on any atom is 0.472 e. The molecule has 0 heterocycles. The van der Waals surface area contributed by atoms with Crippen molar-refractivity contribution in [2.45, 2.75) is 328 Å². The molecule has 0 rings (SSSR count). The van der Waals surface area contributed by atoms with Gasteiger partial charge in [0.1, 0.15) is 6.61 Å². The molecule has 0 aliphatic carbocycles. The molecule has 0 aliphatic rings. The van der Waals surface area contributed by atoms with Crippen molar-refractivity contribution in [3.8, 4) is 0 Å². The van der Waals surface area contributed by atoms with E-state index < -0.39 is 26.5 Å². The Morgan fingerprint density at radius 1 is 0.323 bits per heavy atom. The highest BCUT2D eigenvalue weighted by atomic mass is 31.2. The number of phosphoric ester groups is 1. The van der Waals surface area contributed by atoms with E-state index in [0.717, 1.165) is 122 Å². The molecule has 0 bridgehead atoms. The van der Waals surface area contributed by atoms with Crippen LogP contribution < -0.4 is 5.73 Å². The molecule has 0 aromatic carbocycles. The maximum absolute atomic E-state index is 12.8. The van der Waals surface area contributed by atoms with E-state index in [1.54, 1.807) is 0 Å². The topological polar surface area (TPSA) is 134 Å². The molecule has 0 radical (unpaired) electrons. The number of unbranched alkanes of at least 4 members (excludes halogenated alkanes) is 31. The zero-order valence-corrected chi connectivity index (χ0v) is 60.6. The second-order valence-corrected chi connectivity index (χ2v) is 26.2. The second-order valence-electron chi connectivity index (χ2n) is 24.8.